The van der Waals surface area contributed by atoms with E-state index in [0.717, 1.165) is 0 Å². The standard InChI is InChI=1S/C56H91N7O13/c1-18-35(10)39-25-26-44(64)75-47(34(8)9)50(67)58-40(28-31(2)3)51(68)63-27-19-20-41(63)52(69)62(16)43(30-37-21-23-38(73-17)24-22-37)54(71)74-36(11)46(49(66)57-39)59-48(65)42(29-32(4)5)61(15)53(70)45(33(6)7)60-55(72)76-56(12,13)14/h21-24,31-36,39-43,45-47H,18-20,25-30H2,1-17H3,(H,57,66)(H,58,67)(H,59,65)(H,60,72)/t35-,36+,39-,40-,41-,42+,43-,45-,46-,47-/m0/s1. The Hall–Kier alpha value is -5.95. The highest BCUT2D eigenvalue weighted by atomic mass is 16.6. The predicted octanol–water partition coefficient (Wildman–Crippen LogP) is 5.32. The molecule has 20 nitrogen and oxygen atoms in total. The molecule has 76 heavy (non-hydrogen) atoms. The lowest BCUT2D eigenvalue weighted by atomic mass is 9.94. The Morgan fingerprint density at radius 2 is 1.50 bits per heavy atom. The van der Waals surface area contributed by atoms with Gasteiger partial charge >= 0.3 is 18.0 Å². The van der Waals surface area contributed by atoms with Crippen molar-refractivity contribution < 1.29 is 62.1 Å². The monoisotopic (exact) mass is 1070 g/mol. The van der Waals surface area contributed by atoms with Crippen molar-refractivity contribution in [1.29, 1.82) is 0 Å². The van der Waals surface area contributed by atoms with Crippen molar-refractivity contribution in [1.82, 2.24) is 36.0 Å². The first-order valence-corrected chi connectivity index (χ1v) is 27.2. The van der Waals surface area contributed by atoms with Gasteiger partial charge in [0.2, 0.25) is 29.5 Å². The number of rotatable bonds is 16. The number of hydrogen-bond donors (Lipinski definition) is 4. The third-order valence-corrected chi connectivity index (χ3v) is 14.0. The lowest BCUT2D eigenvalue weighted by Crippen LogP contribution is -2.61. The SMILES string of the molecule is CC[C@H](C)[C@@H]1CCC(=O)O[C@@H](C(C)C)C(=O)N[C@@H](CC(C)C)C(=O)N2CCC[C@H]2C(=O)N(C)[C@@H](Cc2ccc(OC)cc2)C(=O)O[C@H](C)[C@H](NC(=O)[C@@H](CC(C)C)N(C)C(=O)[C@@H](NC(=O)OC(C)(C)C)C(C)C)C(=O)N1. The molecule has 0 saturated carbocycles. The first-order valence-electron chi connectivity index (χ1n) is 27.2. The summed E-state index contributed by atoms with van der Waals surface area (Å²) in [6.45, 7) is 24.9. The molecule has 2 fully saturated rings. The van der Waals surface area contributed by atoms with Crippen LogP contribution in [0.15, 0.2) is 24.3 Å². The second-order valence-corrected chi connectivity index (χ2v) is 23.2. The van der Waals surface area contributed by atoms with Crippen LogP contribution < -0.4 is 26.0 Å². The highest BCUT2D eigenvalue weighted by Crippen LogP contribution is 2.26. The number of carbonyl (C=O) groups is 9. The highest BCUT2D eigenvalue weighted by molar-refractivity contribution is 5.96. The lowest BCUT2D eigenvalue weighted by molar-refractivity contribution is -0.162. The van der Waals surface area contributed by atoms with Crippen molar-refractivity contribution in [2.45, 2.75) is 208 Å². The molecule has 0 bridgehead atoms. The van der Waals surface area contributed by atoms with E-state index < -0.39 is 125 Å². The van der Waals surface area contributed by atoms with Gasteiger partial charge in [-0.3, -0.25) is 33.6 Å². The van der Waals surface area contributed by atoms with Gasteiger partial charge in [0.15, 0.2) is 6.10 Å². The molecule has 0 unspecified atom stereocenters. The van der Waals surface area contributed by atoms with Crippen LogP contribution in [0.5, 0.6) is 5.75 Å². The van der Waals surface area contributed by atoms with Gasteiger partial charge in [-0.05, 0) is 107 Å². The van der Waals surface area contributed by atoms with Crippen LogP contribution in [-0.2, 0) is 59.0 Å². The van der Waals surface area contributed by atoms with E-state index >= 15 is 0 Å². The van der Waals surface area contributed by atoms with E-state index in [2.05, 4.69) is 21.3 Å². The van der Waals surface area contributed by atoms with Crippen molar-refractivity contribution in [3.63, 3.8) is 0 Å². The van der Waals surface area contributed by atoms with Crippen LogP contribution in [0.4, 0.5) is 4.79 Å². The maximum Gasteiger partial charge on any atom is 0.408 e. The van der Waals surface area contributed by atoms with Gasteiger partial charge in [0.05, 0.1) is 7.11 Å². The minimum absolute atomic E-state index is 0.0525. The smallest absolute Gasteiger partial charge is 0.408 e. The number of ether oxygens (including phenoxy) is 4. The van der Waals surface area contributed by atoms with E-state index in [9.17, 15) is 43.2 Å². The van der Waals surface area contributed by atoms with Crippen LogP contribution in [0.3, 0.4) is 0 Å². The molecule has 3 rings (SSSR count). The number of cyclic esters (lactones) is 2. The van der Waals surface area contributed by atoms with E-state index in [1.807, 2.05) is 41.5 Å². The molecular weight excluding hydrogens is 979 g/mol. The molecule has 0 spiro atoms. The molecule has 2 saturated heterocycles. The number of fused-ring (bicyclic) bond motifs is 1. The molecule has 2 heterocycles. The fraction of sp³-hybridized carbons (Fsp3) is 0.732. The molecule has 2 aliphatic rings. The maximum absolute atomic E-state index is 14.9. The quantitative estimate of drug-likeness (QED) is 0.121. The number of methoxy groups -OCH3 is 1. The van der Waals surface area contributed by atoms with Crippen molar-refractivity contribution in [2.75, 3.05) is 27.7 Å². The first-order chi connectivity index (χ1) is 35.4. The Balaban J connectivity index is 2.24. The Bertz CT molecular complexity index is 2160. The van der Waals surface area contributed by atoms with Crippen LogP contribution in [-0.4, -0.2) is 156 Å². The molecule has 2 aliphatic heterocycles. The molecule has 0 radical (unpaired) electrons. The second-order valence-electron chi connectivity index (χ2n) is 23.2. The summed E-state index contributed by atoms with van der Waals surface area (Å²) in [5.74, 6) is -6.34. The summed E-state index contributed by atoms with van der Waals surface area (Å²) in [5.41, 5.74) is -0.232. The largest absolute Gasteiger partial charge is 0.497 e. The van der Waals surface area contributed by atoms with Gasteiger partial charge in [-0.15, -0.1) is 0 Å². The van der Waals surface area contributed by atoms with E-state index in [0.29, 0.717) is 24.2 Å². The summed E-state index contributed by atoms with van der Waals surface area (Å²) < 4.78 is 22.9. The summed E-state index contributed by atoms with van der Waals surface area (Å²) in [6, 6.07) is -1.16. The number of benzene rings is 1. The summed E-state index contributed by atoms with van der Waals surface area (Å²) in [5, 5.41) is 11.3. The van der Waals surface area contributed by atoms with Gasteiger partial charge in [0.25, 0.3) is 5.91 Å². The molecule has 7 amide bonds. The number of alkyl carbamates (subject to hydrolysis) is 1. The zero-order chi connectivity index (χ0) is 57.5. The topological polar surface area (TPSA) is 248 Å². The molecular formula is C56H91N7O13. The van der Waals surface area contributed by atoms with Crippen LogP contribution in [0.25, 0.3) is 0 Å². The Morgan fingerprint density at radius 3 is 2.04 bits per heavy atom. The number of likely N-dealkylation sites (N-methyl/N-ethyl adjacent to an activating group) is 2. The van der Waals surface area contributed by atoms with E-state index in [1.54, 1.807) is 72.7 Å². The molecule has 1 aromatic rings. The van der Waals surface area contributed by atoms with Gasteiger partial charge < -0.3 is 54.9 Å². The predicted molar refractivity (Wildman–Crippen MR) is 286 cm³/mol. The molecule has 10 atom stereocenters. The normalized spacial score (nSPS) is 24.1. The van der Waals surface area contributed by atoms with Crippen LogP contribution in [0.2, 0.25) is 0 Å². The lowest BCUT2D eigenvalue weighted by Gasteiger charge is -2.36. The third kappa shape index (κ3) is 18.7. The van der Waals surface area contributed by atoms with Gasteiger partial charge in [0, 0.05) is 39.5 Å². The number of amides is 7. The first kappa shape index (κ1) is 64.3. The molecule has 1 aromatic carbocycles. The fourth-order valence-corrected chi connectivity index (χ4v) is 9.39. The van der Waals surface area contributed by atoms with Gasteiger partial charge in [0.1, 0.15) is 53.7 Å². The second kappa shape index (κ2) is 29.0. The summed E-state index contributed by atoms with van der Waals surface area (Å²) in [4.78, 5) is 133. The van der Waals surface area contributed by atoms with Crippen molar-refractivity contribution in [3.05, 3.63) is 29.8 Å². The Kier molecular flexibility index (Phi) is 24.5. The number of esters is 2. The van der Waals surface area contributed by atoms with E-state index in [-0.39, 0.29) is 62.8 Å². The molecule has 0 aromatic heterocycles. The van der Waals surface area contributed by atoms with Crippen molar-refractivity contribution >= 4 is 53.5 Å². The van der Waals surface area contributed by atoms with Gasteiger partial charge in [-0.25, -0.2) is 9.59 Å². The highest BCUT2D eigenvalue weighted by Gasteiger charge is 2.44. The average molecular weight is 1070 g/mol. The number of nitrogens with one attached hydrogen (secondary N) is 4. The maximum atomic E-state index is 14.9. The minimum Gasteiger partial charge on any atom is -0.497 e. The summed E-state index contributed by atoms with van der Waals surface area (Å²) in [7, 11) is 4.40. The average Bonchev–Trinajstić information content (AvgIpc) is 3.83. The van der Waals surface area contributed by atoms with Crippen LogP contribution in [0, 0.1) is 29.6 Å². The molecule has 0 aliphatic carbocycles. The fourth-order valence-electron chi connectivity index (χ4n) is 9.39. The van der Waals surface area contributed by atoms with Gasteiger partial charge in [-0.1, -0.05) is 87.8 Å². The number of carbonyl (C=O) groups excluding carboxylic acids is 9. The zero-order valence-electron chi connectivity index (χ0n) is 48.4. The van der Waals surface area contributed by atoms with Gasteiger partial charge in [-0.2, -0.15) is 0 Å². The third-order valence-electron chi connectivity index (χ3n) is 14.0. The van der Waals surface area contributed by atoms with Crippen molar-refractivity contribution in [2.24, 2.45) is 29.6 Å². The molecule has 20 heteroatoms. The van der Waals surface area contributed by atoms with E-state index in [1.165, 1.54) is 42.8 Å². The summed E-state index contributed by atoms with van der Waals surface area (Å²) >= 11 is 0. The number of nitrogens with zero attached hydrogens (tertiary/aromatic N) is 3. The molecule has 428 valence electrons. The minimum atomic E-state index is -1.61. The summed E-state index contributed by atoms with van der Waals surface area (Å²) in [6.07, 6.45) is -2.14. The number of hydrogen-bond acceptors (Lipinski definition) is 13. The van der Waals surface area contributed by atoms with Crippen LogP contribution in [0.1, 0.15) is 147 Å². The molecule has 4 N–H and O–H groups in total. The zero-order valence-corrected chi connectivity index (χ0v) is 48.4. The van der Waals surface area contributed by atoms with E-state index in [4.69, 9.17) is 18.9 Å². The van der Waals surface area contributed by atoms with Crippen molar-refractivity contribution in [3.8, 4) is 5.75 Å². The Labute approximate surface area is 451 Å². The Morgan fingerprint density at radius 1 is 0.868 bits per heavy atom. The van der Waals surface area contributed by atoms with Crippen LogP contribution >= 0.6 is 0 Å².